The van der Waals surface area contributed by atoms with E-state index in [1.807, 2.05) is 6.07 Å². The fourth-order valence-corrected chi connectivity index (χ4v) is 3.19. The molecule has 3 rings (SSSR count). The summed E-state index contributed by atoms with van der Waals surface area (Å²) in [5.41, 5.74) is 3.16. The molecule has 1 saturated heterocycles. The van der Waals surface area contributed by atoms with Crippen molar-refractivity contribution in [2.45, 2.75) is 51.0 Å². The van der Waals surface area contributed by atoms with Gasteiger partial charge in [-0.1, -0.05) is 18.6 Å². The zero-order valence-electron chi connectivity index (χ0n) is 10.3. The fourth-order valence-electron chi connectivity index (χ4n) is 3.19. The van der Waals surface area contributed by atoms with Crippen molar-refractivity contribution in [3.05, 3.63) is 34.6 Å². The van der Waals surface area contributed by atoms with Crippen LogP contribution in [0.15, 0.2) is 12.1 Å². The van der Waals surface area contributed by atoms with Gasteiger partial charge >= 0.3 is 0 Å². The zero-order chi connectivity index (χ0) is 11.7. The quantitative estimate of drug-likeness (QED) is 0.828. The molecular weight excluding hydrogens is 213 g/mol. The van der Waals surface area contributed by atoms with Gasteiger partial charge < -0.3 is 5.32 Å². The Morgan fingerprint density at radius 2 is 2.12 bits per heavy atom. The maximum Gasteiger partial charge on any atom is 0.129 e. The number of rotatable bonds is 2. The van der Waals surface area contributed by atoms with Gasteiger partial charge in [0.25, 0.3) is 0 Å². The summed E-state index contributed by atoms with van der Waals surface area (Å²) in [5.74, 6) is 0.0902. The first-order chi connectivity index (χ1) is 8.34. The molecule has 1 aromatic carbocycles. The predicted octanol–water partition coefficient (Wildman–Crippen LogP) is 3.00. The van der Waals surface area contributed by atoms with E-state index >= 15 is 0 Å². The standard InChI is InChI=1S/C15H20FN/c16-15-12(10-13-5-1-2-9-17-13)8-7-11-4-3-6-14(11)15/h7-8,13,17H,1-6,9-10H2. The third-order valence-electron chi connectivity index (χ3n) is 4.17. The van der Waals surface area contributed by atoms with E-state index in [2.05, 4.69) is 11.4 Å². The van der Waals surface area contributed by atoms with Crippen molar-refractivity contribution in [3.8, 4) is 0 Å². The number of nitrogens with one attached hydrogen (secondary N) is 1. The van der Waals surface area contributed by atoms with Gasteiger partial charge in [-0.15, -0.1) is 0 Å². The van der Waals surface area contributed by atoms with Gasteiger partial charge in [0.05, 0.1) is 0 Å². The van der Waals surface area contributed by atoms with Crippen LogP contribution in [0.25, 0.3) is 0 Å². The molecule has 1 unspecified atom stereocenters. The van der Waals surface area contributed by atoms with Gasteiger partial charge in [0.15, 0.2) is 0 Å². The second-order valence-corrected chi connectivity index (χ2v) is 5.38. The summed E-state index contributed by atoms with van der Waals surface area (Å²) in [6.45, 7) is 1.09. The Kier molecular flexibility index (Phi) is 3.15. The molecule has 1 heterocycles. The SMILES string of the molecule is Fc1c(CC2CCCCN2)ccc2c1CCC2. The Labute approximate surface area is 102 Å². The molecule has 1 aliphatic carbocycles. The summed E-state index contributed by atoms with van der Waals surface area (Å²) in [5, 5.41) is 3.50. The lowest BCUT2D eigenvalue weighted by molar-refractivity contribution is 0.395. The molecule has 0 aromatic heterocycles. The van der Waals surface area contributed by atoms with Crippen molar-refractivity contribution in [1.82, 2.24) is 5.32 Å². The summed E-state index contributed by atoms with van der Waals surface area (Å²) in [4.78, 5) is 0. The number of piperidine rings is 1. The lowest BCUT2D eigenvalue weighted by Crippen LogP contribution is -2.35. The van der Waals surface area contributed by atoms with Crippen LogP contribution in [0.3, 0.4) is 0 Å². The third-order valence-corrected chi connectivity index (χ3v) is 4.17. The van der Waals surface area contributed by atoms with Gasteiger partial charge in [0, 0.05) is 6.04 Å². The number of hydrogen-bond acceptors (Lipinski definition) is 1. The smallest absolute Gasteiger partial charge is 0.129 e. The number of hydrogen-bond donors (Lipinski definition) is 1. The fraction of sp³-hybridized carbons (Fsp3) is 0.600. The summed E-state index contributed by atoms with van der Waals surface area (Å²) in [6, 6.07) is 4.64. The first-order valence-electron chi connectivity index (χ1n) is 6.87. The van der Waals surface area contributed by atoms with E-state index in [1.165, 1.54) is 24.8 Å². The summed E-state index contributed by atoms with van der Waals surface area (Å²) in [7, 11) is 0. The highest BCUT2D eigenvalue weighted by Crippen LogP contribution is 2.27. The van der Waals surface area contributed by atoms with Crippen LogP contribution in [0.4, 0.5) is 4.39 Å². The van der Waals surface area contributed by atoms with Gasteiger partial charge in [-0.05, 0) is 61.8 Å². The average molecular weight is 233 g/mol. The third kappa shape index (κ3) is 2.23. The first kappa shape index (κ1) is 11.2. The Hall–Kier alpha value is -0.890. The van der Waals surface area contributed by atoms with Crippen LogP contribution in [-0.2, 0) is 19.3 Å². The Bertz CT molecular complexity index is 408. The van der Waals surface area contributed by atoms with Crippen LogP contribution >= 0.6 is 0 Å². The van der Waals surface area contributed by atoms with Gasteiger partial charge in [-0.25, -0.2) is 4.39 Å². The molecular formula is C15H20FN. The highest BCUT2D eigenvalue weighted by atomic mass is 19.1. The molecule has 1 fully saturated rings. The van der Waals surface area contributed by atoms with Crippen LogP contribution in [0.5, 0.6) is 0 Å². The maximum absolute atomic E-state index is 14.3. The minimum absolute atomic E-state index is 0.0902. The van der Waals surface area contributed by atoms with Crippen LogP contribution in [0, 0.1) is 5.82 Å². The van der Waals surface area contributed by atoms with E-state index in [0.29, 0.717) is 6.04 Å². The Balaban J connectivity index is 1.78. The second-order valence-electron chi connectivity index (χ2n) is 5.38. The van der Waals surface area contributed by atoms with Crippen molar-refractivity contribution < 1.29 is 4.39 Å². The average Bonchev–Trinajstić information content (AvgIpc) is 2.83. The minimum atomic E-state index is 0.0902. The van der Waals surface area contributed by atoms with Gasteiger partial charge in [-0.2, -0.15) is 0 Å². The molecule has 0 saturated carbocycles. The molecule has 0 spiro atoms. The largest absolute Gasteiger partial charge is 0.314 e. The lowest BCUT2D eigenvalue weighted by Gasteiger charge is -2.24. The normalized spacial score (nSPS) is 23.7. The van der Waals surface area contributed by atoms with Crippen molar-refractivity contribution in [1.29, 1.82) is 0 Å². The van der Waals surface area contributed by atoms with E-state index < -0.39 is 0 Å². The monoisotopic (exact) mass is 233 g/mol. The number of halogens is 1. The molecule has 0 amide bonds. The van der Waals surface area contributed by atoms with E-state index in [1.54, 1.807) is 0 Å². The molecule has 1 nitrogen and oxygen atoms in total. The molecule has 92 valence electrons. The van der Waals surface area contributed by atoms with E-state index in [9.17, 15) is 4.39 Å². The van der Waals surface area contributed by atoms with Crippen LogP contribution in [0.2, 0.25) is 0 Å². The maximum atomic E-state index is 14.3. The number of aryl methyl sites for hydroxylation is 1. The second kappa shape index (κ2) is 4.77. The van der Waals surface area contributed by atoms with Crippen LogP contribution < -0.4 is 5.32 Å². The molecule has 1 aliphatic heterocycles. The van der Waals surface area contributed by atoms with Gasteiger partial charge in [0.2, 0.25) is 0 Å². The van der Waals surface area contributed by atoms with Gasteiger partial charge in [-0.3, -0.25) is 0 Å². The Morgan fingerprint density at radius 1 is 1.18 bits per heavy atom. The van der Waals surface area contributed by atoms with Gasteiger partial charge in [0.1, 0.15) is 5.82 Å². The highest BCUT2D eigenvalue weighted by Gasteiger charge is 2.20. The highest BCUT2D eigenvalue weighted by molar-refractivity contribution is 5.37. The lowest BCUT2D eigenvalue weighted by atomic mass is 9.95. The topological polar surface area (TPSA) is 12.0 Å². The van der Waals surface area contributed by atoms with Crippen molar-refractivity contribution >= 4 is 0 Å². The van der Waals surface area contributed by atoms with E-state index in [-0.39, 0.29) is 5.82 Å². The molecule has 0 bridgehead atoms. The summed E-state index contributed by atoms with van der Waals surface area (Å²) >= 11 is 0. The Morgan fingerprint density at radius 3 is 2.94 bits per heavy atom. The van der Waals surface area contributed by atoms with Crippen LogP contribution in [0.1, 0.15) is 42.4 Å². The molecule has 1 N–H and O–H groups in total. The first-order valence-corrected chi connectivity index (χ1v) is 6.87. The molecule has 1 aromatic rings. The van der Waals surface area contributed by atoms with E-state index in [0.717, 1.165) is 43.4 Å². The molecule has 1 atom stereocenters. The predicted molar refractivity (Wildman–Crippen MR) is 67.8 cm³/mol. The zero-order valence-corrected chi connectivity index (χ0v) is 10.3. The van der Waals surface area contributed by atoms with Crippen molar-refractivity contribution in [2.75, 3.05) is 6.54 Å². The molecule has 2 heteroatoms. The number of fused-ring (bicyclic) bond motifs is 1. The van der Waals surface area contributed by atoms with Crippen LogP contribution in [-0.4, -0.2) is 12.6 Å². The molecule has 0 radical (unpaired) electrons. The van der Waals surface area contributed by atoms with Crippen molar-refractivity contribution in [3.63, 3.8) is 0 Å². The molecule has 17 heavy (non-hydrogen) atoms. The summed E-state index contributed by atoms with van der Waals surface area (Å²) in [6.07, 6.45) is 7.72. The van der Waals surface area contributed by atoms with E-state index in [4.69, 9.17) is 0 Å². The summed E-state index contributed by atoms with van der Waals surface area (Å²) < 4.78 is 14.3. The minimum Gasteiger partial charge on any atom is -0.314 e. The number of benzene rings is 1. The van der Waals surface area contributed by atoms with Crippen molar-refractivity contribution in [2.24, 2.45) is 0 Å². The molecule has 2 aliphatic rings.